The van der Waals surface area contributed by atoms with Crippen LogP contribution in [0, 0.1) is 0 Å². The zero-order valence-electron chi connectivity index (χ0n) is 11.3. The van der Waals surface area contributed by atoms with Gasteiger partial charge in [-0.1, -0.05) is 51.9 Å². The summed E-state index contributed by atoms with van der Waals surface area (Å²) in [5.74, 6) is -0.201. The van der Waals surface area contributed by atoms with Crippen molar-refractivity contribution >= 4 is 10.1 Å². The molecule has 0 aromatic rings. The quantitative estimate of drug-likeness (QED) is 0.497. The van der Waals surface area contributed by atoms with Crippen molar-refractivity contribution in [3.63, 3.8) is 0 Å². The first-order chi connectivity index (χ1) is 7.97. The van der Waals surface area contributed by atoms with E-state index >= 15 is 0 Å². The van der Waals surface area contributed by atoms with Crippen LogP contribution >= 0.6 is 0 Å². The van der Waals surface area contributed by atoms with E-state index in [0.29, 0.717) is 0 Å². The second kappa shape index (κ2) is 13.9. The normalized spacial score (nSPS) is 10.8. The number of rotatable bonds is 9. The molecule has 106 valence electrons. The molecule has 4 nitrogen and oxygen atoms in total. The summed E-state index contributed by atoms with van der Waals surface area (Å²) in [6.07, 6.45) is 11.0. The molecule has 0 fully saturated rings. The molecule has 0 bridgehead atoms. The van der Waals surface area contributed by atoms with Crippen LogP contribution in [0.3, 0.4) is 0 Å². The molecule has 0 saturated carbocycles. The Hall–Kier alpha value is -0.130. The highest BCUT2D eigenvalue weighted by Crippen LogP contribution is 2.07. The van der Waals surface area contributed by atoms with Crippen molar-refractivity contribution in [1.82, 2.24) is 0 Å². The smallest absolute Gasteiger partial charge is 0.264 e. The highest BCUT2D eigenvalue weighted by atomic mass is 32.2. The van der Waals surface area contributed by atoms with Gasteiger partial charge in [0.25, 0.3) is 10.1 Å². The molecular weight excluding hydrogens is 238 g/mol. The maximum atomic E-state index is 9.56. The van der Waals surface area contributed by atoms with E-state index < -0.39 is 10.1 Å². The van der Waals surface area contributed by atoms with Gasteiger partial charge in [0.2, 0.25) is 0 Å². The van der Waals surface area contributed by atoms with Gasteiger partial charge < -0.3 is 5.73 Å². The third-order valence-electron chi connectivity index (χ3n) is 2.42. The van der Waals surface area contributed by atoms with Crippen LogP contribution in [0.15, 0.2) is 0 Å². The second-order valence-corrected chi connectivity index (χ2v) is 5.88. The fourth-order valence-electron chi connectivity index (χ4n) is 1.28. The Morgan fingerprint density at radius 2 is 1.24 bits per heavy atom. The molecular formula is C12H29NO3S. The fraction of sp³-hybridized carbons (Fsp3) is 1.00. The van der Waals surface area contributed by atoms with Gasteiger partial charge in [-0.25, -0.2) is 0 Å². The third-order valence-corrected chi connectivity index (χ3v) is 3.15. The predicted octanol–water partition coefficient (Wildman–Crippen LogP) is 2.98. The van der Waals surface area contributed by atoms with Crippen LogP contribution in [0.25, 0.3) is 0 Å². The van der Waals surface area contributed by atoms with Gasteiger partial charge in [0.15, 0.2) is 0 Å². The SMILES string of the molecule is CCCCCCCCCCN.CCS(=O)(=O)O. The fourth-order valence-corrected chi connectivity index (χ4v) is 1.28. The second-order valence-electron chi connectivity index (χ2n) is 4.13. The van der Waals surface area contributed by atoms with E-state index in [2.05, 4.69) is 6.92 Å². The van der Waals surface area contributed by atoms with Crippen LogP contribution in [-0.4, -0.2) is 25.3 Å². The van der Waals surface area contributed by atoms with E-state index in [9.17, 15) is 8.42 Å². The molecule has 0 spiro atoms. The Balaban J connectivity index is 0. The molecule has 0 aliphatic heterocycles. The van der Waals surface area contributed by atoms with E-state index in [1.165, 1.54) is 58.3 Å². The Labute approximate surface area is 107 Å². The van der Waals surface area contributed by atoms with Gasteiger partial charge in [0.1, 0.15) is 0 Å². The summed E-state index contributed by atoms with van der Waals surface area (Å²) < 4.78 is 26.9. The van der Waals surface area contributed by atoms with Gasteiger partial charge in [0.05, 0.1) is 5.75 Å². The summed E-state index contributed by atoms with van der Waals surface area (Å²) in [4.78, 5) is 0. The molecule has 0 aliphatic carbocycles. The molecule has 17 heavy (non-hydrogen) atoms. The molecule has 0 aromatic carbocycles. The van der Waals surface area contributed by atoms with Crippen LogP contribution in [0.5, 0.6) is 0 Å². The zero-order valence-corrected chi connectivity index (χ0v) is 12.1. The van der Waals surface area contributed by atoms with E-state index in [0.717, 1.165) is 6.54 Å². The number of hydrogen-bond donors (Lipinski definition) is 2. The first-order valence-electron chi connectivity index (χ1n) is 6.63. The van der Waals surface area contributed by atoms with E-state index in [1.54, 1.807) is 0 Å². The van der Waals surface area contributed by atoms with Gasteiger partial charge in [-0.3, -0.25) is 4.55 Å². The van der Waals surface area contributed by atoms with Crippen molar-refractivity contribution in [2.24, 2.45) is 5.73 Å². The van der Waals surface area contributed by atoms with E-state index in [1.807, 2.05) is 0 Å². The lowest BCUT2D eigenvalue weighted by atomic mass is 10.1. The monoisotopic (exact) mass is 267 g/mol. The topological polar surface area (TPSA) is 80.4 Å². The maximum absolute atomic E-state index is 9.56. The van der Waals surface area contributed by atoms with Gasteiger partial charge >= 0.3 is 0 Å². The number of unbranched alkanes of at least 4 members (excludes halogenated alkanes) is 7. The van der Waals surface area contributed by atoms with Crippen molar-refractivity contribution in [3.05, 3.63) is 0 Å². The lowest BCUT2D eigenvalue weighted by Crippen LogP contribution is -1.97. The van der Waals surface area contributed by atoms with Crippen molar-refractivity contribution in [3.8, 4) is 0 Å². The molecule has 0 atom stereocenters. The average Bonchev–Trinajstić information content (AvgIpc) is 2.28. The number of nitrogens with two attached hydrogens (primary N) is 1. The molecule has 0 saturated heterocycles. The Morgan fingerprint density at radius 1 is 0.882 bits per heavy atom. The standard InChI is InChI=1S/C10H23N.C2H6O3S/c1-2-3-4-5-6-7-8-9-10-11;1-2-6(3,4)5/h2-11H2,1H3;2H2,1H3,(H,3,4,5). The van der Waals surface area contributed by atoms with Gasteiger partial charge in [-0.05, 0) is 19.9 Å². The van der Waals surface area contributed by atoms with Gasteiger partial charge in [-0.15, -0.1) is 0 Å². The molecule has 5 heteroatoms. The molecule has 0 heterocycles. The summed E-state index contributed by atoms with van der Waals surface area (Å²) in [5.41, 5.74) is 5.39. The Kier molecular flexibility index (Phi) is 15.7. The molecule has 0 radical (unpaired) electrons. The maximum Gasteiger partial charge on any atom is 0.264 e. The van der Waals surface area contributed by atoms with Crippen LogP contribution in [0.1, 0.15) is 65.2 Å². The summed E-state index contributed by atoms with van der Waals surface area (Å²) in [6.45, 7) is 4.50. The molecule has 0 aliphatic rings. The lowest BCUT2D eigenvalue weighted by molar-refractivity contribution is 0.484. The highest BCUT2D eigenvalue weighted by Gasteiger charge is 1.93. The minimum atomic E-state index is -3.66. The molecule has 3 N–H and O–H groups in total. The van der Waals surface area contributed by atoms with Crippen LogP contribution < -0.4 is 5.73 Å². The highest BCUT2D eigenvalue weighted by molar-refractivity contribution is 7.85. The summed E-state index contributed by atoms with van der Waals surface area (Å²) in [6, 6.07) is 0. The van der Waals surface area contributed by atoms with Crippen molar-refractivity contribution in [1.29, 1.82) is 0 Å². The van der Waals surface area contributed by atoms with Crippen molar-refractivity contribution in [2.45, 2.75) is 65.2 Å². The van der Waals surface area contributed by atoms with E-state index in [-0.39, 0.29) is 5.75 Å². The van der Waals surface area contributed by atoms with Crippen LogP contribution in [0.2, 0.25) is 0 Å². The molecule has 0 amide bonds. The van der Waals surface area contributed by atoms with Gasteiger partial charge in [-0.2, -0.15) is 8.42 Å². The lowest BCUT2D eigenvalue weighted by Gasteiger charge is -1.99. The number of hydrogen-bond acceptors (Lipinski definition) is 3. The summed E-state index contributed by atoms with van der Waals surface area (Å²) >= 11 is 0. The van der Waals surface area contributed by atoms with Crippen LogP contribution in [-0.2, 0) is 10.1 Å². The Bertz CT molecular complexity index is 220. The Morgan fingerprint density at radius 3 is 1.53 bits per heavy atom. The molecule has 0 unspecified atom stereocenters. The van der Waals surface area contributed by atoms with Crippen LogP contribution in [0.4, 0.5) is 0 Å². The first kappa shape index (κ1) is 19.2. The average molecular weight is 267 g/mol. The first-order valence-corrected chi connectivity index (χ1v) is 8.24. The van der Waals surface area contributed by atoms with E-state index in [4.69, 9.17) is 10.3 Å². The van der Waals surface area contributed by atoms with Crippen molar-refractivity contribution < 1.29 is 13.0 Å². The zero-order chi connectivity index (χ0) is 13.6. The molecule has 0 aromatic heterocycles. The van der Waals surface area contributed by atoms with Gasteiger partial charge in [0, 0.05) is 0 Å². The summed E-state index contributed by atoms with van der Waals surface area (Å²) in [7, 11) is -3.66. The third kappa shape index (κ3) is 25.8. The van der Waals surface area contributed by atoms with Crippen molar-refractivity contribution in [2.75, 3.05) is 12.3 Å². The summed E-state index contributed by atoms with van der Waals surface area (Å²) in [5, 5.41) is 0. The predicted molar refractivity (Wildman–Crippen MR) is 73.8 cm³/mol. The minimum absolute atomic E-state index is 0.201. The largest absolute Gasteiger partial charge is 0.330 e. The minimum Gasteiger partial charge on any atom is -0.330 e. The molecule has 0 rings (SSSR count).